The van der Waals surface area contributed by atoms with Crippen LogP contribution in [0.1, 0.15) is 5.56 Å². The van der Waals surface area contributed by atoms with E-state index in [0.29, 0.717) is 0 Å². The third-order valence-electron chi connectivity index (χ3n) is 8.20. The summed E-state index contributed by atoms with van der Waals surface area (Å²) in [7, 11) is 16.1. The Labute approximate surface area is 197 Å². The number of fused-ring (bicyclic) bond motifs is 3. The van der Waals surface area contributed by atoms with Gasteiger partial charge in [0, 0.05) is 0 Å². The predicted molar refractivity (Wildman–Crippen MR) is 166 cm³/mol. The monoisotopic (exact) mass is 402 g/mol. The van der Waals surface area contributed by atoms with Gasteiger partial charge in [0.25, 0.3) is 0 Å². The molecule has 146 valence electrons. The van der Waals surface area contributed by atoms with E-state index in [1.807, 2.05) is 0 Å². The second-order valence-corrected chi connectivity index (χ2v) is 9.59. The van der Waals surface area contributed by atoms with Gasteiger partial charge in [0.1, 0.15) is 54.9 Å². The zero-order valence-corrected chi connectivity index (χ0v) is 20.6. The maximum atomic E-state index is 2.34. The van der Waals surface area contributed by atoms with Gasteiger partial charge >= 0.3 is 0 Å². The zero-order valence-electron chi connectivity index (χ0n) is 20.6. The molecule has 0 N–H and O–H groups in total. The number of hydrogen-bond donors (Lipinski definition) is 0. The van der Waals surface area contributed by atoms with Crippen LogP contribution in [-0.2, 0) is 0 Å². The minimum atomic E-state index is 1.35. The lowest BCUT2D eigenvalue weighted by Gasteiger charge is -2.26. The molecule has 0 atom stereocenters. The second-order valence-electron chi connectivity index (χ2n) is 9.59. The molecule has 0 nitrogen and oxygen atoms in total. The highest BCUT2D eigenvalue weighted by molar-refractivity contribution is 6.72. The summed E-state index contributed by atoms with van der Waals surface area (Å²) in [5, 5.41) is 8.30. The van der Waals surface area contributed by atoms with Gasteiger partial charge in [-0.2, -0.15) is 0 Å². The van der Waals surface area contributed by atoms with Crippen LogP contribution >= 0.6 is 0 Å². The van der Waals surface area contributed by atoms with Crippen molar-refractivity contribution in [1.29, 1.82) is 0 Å². The highest BCUT2D eigenvalue weighted by atomic mass is 14.2. The summed E-state index contributed by atoms with van der Waals surface area (Å²) in [6, 6.07) is 17.9. The lowest BCUT2D eigenvalue weighted by Crippen LogP contribution is -2.52. The van der Waals surface area contributed by atoms with E-state index in [2.05, 4.69) is 110 Å². The lowest BCUT2D eigenvalue weighted by molar-refractivity contribution is 1.58. The van der Waals surface area contributed by atoms with Gasteiger partial charge in [0.05, 0.1) is 0 Å². The molecule has 0 amide bonds. The van der Waals surface area contributed by atoms with Crippen molar-refractivity contribution in [3.8, 4) is 11.1 Å². The maximum absolute atomic E-state index is 2.34. The summed E-state index contributed by atoms with van der Waals surface area (Å²) in [5.41, 5.74) is 14.1. The Bertz CT molecular complexity index is 1550. The molecule has 0 unspecified atom stereocenters. The number of hydrogen-bond acceptors (Lipinski definition) is 0. The smallest absolute Gasteiger partial charge is 0.101 e. The van der Waals surface area contributed by atoms with Gasteiger partial charge < -0.3 is 0 Å². The molecule has 0 aliphatic rings. The highest BCUT2D eigenvalue weighted by Gasteiger charge is 2.21. The van der Waals surface area contributed by atoms with Gasteiger partial charge in [0.15, 0.2) is 0 Å². The first-order valence-electron chi connectivity index (χ1n) is 11.7. The van der Waals surface area contributed by atoms with Crippen molar-refractivity contribution in [3.63, 3.8) is 0 Å². The van der Waals surface area contributed by atoms with Crippen molar-refractivity contribution in [2.75, 3.05) is 0 Å². The normalized spacial score (nSPS) is 11.5. The Morgan fingerprint density at radius 3 is 1.25 bits per heavy atom. The average molecular weight is 401 g/mol. The molecular formula is C25H25B7. The molecule has 32 heavy (non-hydrogen) atoms. The van der Waals surface area contributed by atoms with Crippen molar-refractivity contribution in [2.45, 2.75) is 6.92 Å². The largest absolute Gasteiger partial charge is 0.140 e. The molecular weight excluding hydrogens is 376 g/mol. The Kier molecular flexibility index (Phi) is 4.93. The molecule has 5 aromatic rings. The Morgan fingerprint density at radius 2 is 0.781 bits per heavy atom. The van der Waals surface area contributed by atoms with E-state index in [9.17, 15) is 0 Å². The number of aryl methyl sites for hydroxylation is 1. The second kappa shape index (κ2) is 7.44. The molecule has 7 heteroatoms. The third-order valence-corrected chi connectivity index (χ3v) is 8.20. The van der Waals surface area contributed by atoms with E-state index in [-0.39, 0.29) is 0 Å². The molecule has 0 radical (unpaired) electrons. The van der Waals surface area contributed by atoms with Gasteiger partial charge in [0.2, 0.25) is 0 Å². The van der Waals surface area contributed by atoms with Crippen molar-refractivity contribution >= 4 is 125 Å². The summed E-state index contributed by atoms with van der Waals surface area (Å²) in [5.74, 6) is 0. The van der Waals surface area contributed by atoms with Crippen LogP contribution < -0.4 is 38.2 Å². The van der Waals surface area contributed by atoms with Crippen LogP contribution in [0.15, 0.2) is 48.5 Å². The first kappa shape index (κ1) is 21.2. The molecule has 0 aliphatic heterocycles. The van der Waals surface area contributed by atoms with E-state index >= 15 is 0 Å². The number of rotatable bonds is 1. The van der Waals surface area contributed by atoms with Crippen LogP contribution in [-0.4, -0.2) is 54.9 Å². The Balaban J connectivity index is 2.10. The molecule has 0 aromatic heterocycles. The van der Waals surface area contributed by atoms with E-state index in [0.717, 1.165) is 0 Å². The summed E-state index contributed by atoms with van der Waals surface area (Å²) in [6.07, 6.45) is 0. The van der Waals surface area contributed by atoms with Gasteiger partial charge in [-0.3, -0.25) is 0 Å². The van der Waals surface area contributed by atoms with Gasteiger partial charge in [-0.15, -0.1) is 10.9 Å². The Hall–Kier alpha value is -2.67. The van der Waals surface area contributed by atoms with Gasteiger partial charge in [-0.25, -0.2) is 0 Å². The topological polar surface area (TPSA) is 0 Å². The predicted octanol–water partition coefficient (Wildman–Crippen LogP) is -5.07. The molecule has 0 saturated heterocycles. The van der Waals surface area contributed by atoms with Crippen molar-refractivity contribution < 1.29 is 0 Å². The molecule has 0 bridgehead atoms. The van der Waals surface area contributed by atoms with E-state index < -0.39 is 0 Å². The first-order valence-corrected chi connectivity index (χ1v) is 11.7. The van der Waals surface area contributed by atoms with E-state index in [1.54, 1.807) is 0 Å². The molecule has 0 spiro atoms. The van der Waals surface area contributed by atoms with Crippen LogP contribution in [0.3, 0.4) is 0 Å². The summed E-state index contributed by atoms with van der Waals surface area (Å²) < 4.78 is 0. The summed E-state index contributed by atoms with van der Waals surface area (Å²) >= 11 is 0. The van der Waals surface area contributed by atoms with Gasteiger partial charge in [-0.1, -0.05) is 75.8 Å². The van der Waals surface area contributed by atoms with Gasteiger partial charge in [-0.05, 0) is 55.9 Å². The zero-order chi connectivity index (χ0) is 22.9. The molecule has 0 heterocycles. The van der Waals surface area contributed by atoms with Crippen LogP contribution in [0.4, 0.5) is 0 Å². The summed E-state index contributed by atoms with van der Waals surface area (Å²) in [6.45, 7) is 2.26. The van der Waals surface area contributed by atoms with E-state index in [1.165, 1.54) is 87.2 Å². The lowest BCUT2D eigenvalue weighted by atomic mass is 9.58. The first-order chi connectivity index (χ1) is 15.3. The van der Waals surface area contributed by atoms with Crippen LogP contribution in [0.5, 0.6) is 0 Å². The van der Waals surface area contributed by atoms with Crippen LogP contribution in [0.25, 0.3) is 43.4 Å². The number of benzene rings is 5. The molecule has 0 saturated carbocycles. The highest BCUT2D eigenvalue weighted by Crippen LogP contribution is 2.37. The minimum absolute atomic E-state index is 1.35. The SMILES string of the molecule is Bc1c(B)c(B)c2c(B)c(-c3c4ccccc4c(C)c4ccccc34)c(B)c(B)c2c1B. The van der Waals surface area contributed by atoms with Crippen molar-refractivity contribution in [1.82, 2.24) is 0 Å². The van der Waals surface area contributed by atoms with Crippen LogP contribution in [0, 0.1) is 6.92 Å². The molecule has 0 aliphatic carbocycles. The fourth-order valence-electron chi connectivity index (χ4n) is 6.02. The summed E-state index contributed by atoms with van der Waals surface area (Å²) in [4.78, 5) is 0. The quantitative estimate of drug-likeness (QED) is 0.195. The van der Waals surface area contributed by atoms with Crippen molar-refractivity contribution in [2.24, 2.45) is 0 Å². The fraction of sp³-hybridized carbons (Fsp3) is 0.0400. The van der Waals surface area contributed by atoms with E-state index in [4.69, 9.17) is 0 Å². The minimum Gasteiger partial charge on any atom is -0.101 e. The van der Waals surface area contributed by atoms with Crippen LogP contribution in [0.2, 0.25) is 0 Å². The molecule has 5 aromatic carbocycles. The maximum Gasteiger partial charge on any atom is 0.140 e. The fourth-order valence-corrected chi connectivity index (χ4v) is 6.02. The third kappa shape index (κ3) is 2.73. The average Bonchev–Trinajstić information content (AvgIpc) is 2.80. The Morgan fingerprint density at radius 1 is 0.406 bits per heavy atom. The standard InChI is InChI=1S/C25H25B7/c1-10-11-6-2-4-8-13(11)15(14-9-5-3-7-12(10)14)16-19(26)17-18(21(28)20(16)27)23(30)25(32)24(31)22(17)29/h2-9H,26-32H2,1H3. The molecule has 0 fully saturated rings. The molecule has 5 rings (SSSR count). The van der Waals surface area contributed by atoms with Crippen molar-refractivity contribution in [3.05, 3.63) is 54.1 Å².